The predicted octanol–water partition coefficient (Wildman–Crippen LogP) is 4.33. The summed E-state index contributed by atoms with van der Waals surface area (Å²) in [6, 6.07) is 17.4. The highest BCUT2D eigenvalue weighted by atomic mass is 16.5. The Hall–Kier alpha value is -3.02. The normalized spacial score (nSPS) is 17.4. The number of nitrogens with one attached hydrogen (secondary N) is 1. The van der Waals surface area contributed by atoms with Gasteiger partial charge in [0.15, 0.2) is 6.61 Å². The second-order valence-electron chi connectivity index (χ2n) is 9.00. The van der Waals surface area contributed by atoms with E-state index in [1.165, 1.54) is 19.3 Å². The van der Waals surface area contributed by atoms with E-state index in [1.54, 1.807) is 4.90 Å². The average molecular weight is 451 g/mol. The molecule has 1 saturated heterocycles. The maximum atomic E-state index is 12.6. The molecule has 6 nitrogen and oxygen atoms in total. The van der Waals surface area contributed by atoms with Crippen LogP contribution < -0.4 is 14.8 Å². The highest BCUT2D eigenvalue weighted by Crippen LogP contribution is 2.24. The molecule has 2 aromatic carbocycles. The summed E-state index contributed by atoms with van der Waals surface area (Å²) in [5.74, 6) is 1.57. The Labute approximate surface area is 196 Å². The van der Waals surface area contributed by atoms with E-state index < -0.39 is 0 Å². The molecule has 2 aromatic rings. The molecule has 176 valence electrons. The summed E-state index contributed by atoms with van der Waals surface area (Å²) in [4.78, 5) is 26.8. The quantitative estimate of drug-likeness (QED) is 0.650. The third-order valence-corrected chi connectivity index (χ3v) is 6.57. The number of rotatable bonds is 8. The standard InChI is InChI=1S/C27H34N2O4/c30-26(20-32-23-7-3-1-4-8-23)29-17-15-22(16-18-29)27(31)28-19-21-11-13-25(14-12-21)33-24-9-5-2-6-10-24/h1,3-4,7-8,11-14,22,24H,2,5-6,9-10,15-20H2,(H,28,31). The lowest BCUT2D eigenvalue weighted by Crippen LogP contribution is -2.44. The van der Waals surface area contributed by atoms with Crippen LogP contribution in [0.4, 0.5) is 0 Å². The van der Waals surface area contributed by atoms with Gasteiger partial charge in [-0.25, -0.2) is 0 Å². The smallest absolute Gasteiger partial charge is 0.260 e. The van der Waals surface area contributed by atoms with Crippen molar-refractivity contribution in [2.45, 2.75) is 57.6 Å². The first-order valence-electron chi connectivity index (χ1n) is 12.2. The summed E-state index contributed by atoms with van der Waals surface area (Å²) in [7, 11) is 0. The topological polar surface area (TPSA) is 67.9 Å². The average Bonchev–Trinajstić information content (AvgIpc) is 2.88. The molecule has 2 amide bonds. The monoisotopic (exact) mass is 450 g/mol. The van der Waals surface area contributed by atoms with Crippen LogP contribution >= 0.6 is 0 Å². The number of para-hydroxylation sites is 1. The summed E-state index contributed by atoms with van der Waals surface area (Å²) in [5, 5.41) is 3.05. The van der Waals surface area contributed by atoms with Crippen LogP contribution in [0.1, 0.15) is 50.5 Å². The van der Waals surface area contributed by atoms with E-state index in [0.717, 1.165) is 24.2 Å². The van der Waals surface area contributed by atoms with E-state index in [1.807, 2.05) is 54.6 Å². The van der Waals surface area contributed by atoms with Crippen LogP contribution in [0, 0.1) is 5.92 Å². The number of amides is 2. The number of carbonyl (C=O) groups excluding carboxylic acids is 2. The zero-order chi connectivity index (χ0) is 22.9. The minimum absolute atomic E-state index is 0.0291. The minimum Gasteiger partial charge on any atom is -0.490 e. The maximum Gasteiger partial charge on any atom is 0.260 e. The second kappa shape index (κ2) is 11.7. The molecule has 2 fully saturated rings. The van der Waals surface area contributed by atoms with Gasteiger partial charge < -0.3 is 19.7 Å². The molecule has 1 saturated carbocycles. The molecule has 0 radical (unpaired) electrons. The fourth-order valence-corrected chi connectivity index (χ4v) is 4.54. The van der Waals surface area contributed by atoms with Crippen LogP contribution in [0.25, 0.3) is 0 Å². The number of benzene rings is 2. The van der Waals surface area contributed by atoms with Crippen molar-refractivity contribution >= 4 is 11.8 Å². The van der Waals surface area contributed by atoms with Gasteiger partial charge in [-0.3, -0.25) is 9.59 Å². The molecule has 6 heteroatoms. The highest BCUT2D eigenvalue weighted by Gasteiger charge is 2.27. The second-order valence-corrected chi connectivity index (χ2v) is 9.00. The lowest BCUT2D eigenvalue weighted by molar-refractivity contribution is -0.137. The van der Waals surface area contributed by atoms with Gasteiger partial charge >= 0.3 is 0 Å². The third kappa shape index (κ3) is 6.98. The molecular weight excluding hydrogens is 416 g/mol. The Bertz CT molecular complexity index is 886. The van der Waals surface area contributed by atoms with E-state index in [0.29, 0.717) is 44.3 Å². The Balaban J connectivity index is 1.15. The molecule has 4 rings (SSSR count). The van der Waals surface area contributed by atoms with Crippen molar-refractivity contribution in [2.75, 3.05) is 19.7 Å². The highest BCUT2D eigenvalue weighted by molar-refractivity contribution is 5.80. The Morgan fingerprint density at radius 3 is 2.24 bits per heavy atom. The number of hydrogen-bond acceptors (Lipinski definition) is 4. The van der Waals surface area contributed by atoms with Crippen LogP contribution in [-0.4, -0.2) is 42.5 Å². The van der Waals surface area contributed by atoms with Gasteiger partial charge in [0.2, 0.25) is 5.91 Å². The number of hydrogen-bond donors (Lipinski definition) is 1. The zero-order valence-corrected chi connectivity index (χ0v) is 19.2. The predicted molar refractivity (Wildman–Crippen MR) is 127 cm³/mol. The lowest BCUT2D eigenvalue weighted by Gasteiger charge is -2.31. The fraction of sp³-hybridized carbons (Fsp3) is 0.481. The Morgan fingerprint density at radius 2 is 1.55 bits per heavy atom. The van der Waals surface area contributed by atoms with Crippen molar-refractivity contribution in [1.29, 1.82) is 0 Å². The van der Waals surface area contributed by atoms with E-state index in [2.05, 4.69) is 5.32 Å². The number of likely N-dealkylation sites (tertiary alicyclic amines) is 1. The van der Waals surface area contributed by atoms with E-state index in [9.17, 15) is 9.59 Å². The van der Waals surface area contributed by atoms with Gasteiger partial charge in [-0.2, -0.15) is 0 Å². The summed E-state index contributed by atoms with van der Waals surface area (Å²) >= 11 is 0. The molecular formula is C27H34N2O4. The van der Waals surface area contributed by atoms with Crippen LogP contribution in [0.3, 0.4) is 0 Å². The van der Waals surface area contributed by atoms with Gasteiger partial charge in [-0.1, -0.05) is 36.8 Å². The molecule has 0 unspecified atom stereocenters. The van der Waals surface area contributed by atoms with Crippen LogP contribution in [0.2, 0.25) is 0 Å². The molecule has 0 atom stereocenters. The lowest BCUT2D eigenvalue weighted by atomic mass is 9.95. The molecule has 1 aliphatic carbocycles. The van der Waals surface area contributed by atoms with Crippen molar-refractivity contribution in [3.05, 3.63) is 60.2 Å². The third-order valence-electron chi connectivity index (χ3n) is 6.57. The molecule has 0 spiro atoms. The first kappa shape index (κ1) is 23.1. The van der Waals surface area contributed by atoms with Gasteiger partial charge in [0.1, 0.15) is 11.5 Å². The SMILES string of the molecule is O=C(NCc1ccc(OC2CCCCC2)cc1)C1CCN(C(=O)COc2ccccc2)CC1. The largest absolute Gasteiger partial charge is 0.490 e. The van der Waals surface area contributed by atoms with Gasteiger partial charge in [0, 0.05) is 25.6 Å². The summed E-state index contributed by atoms with van der Waals surface area (Å²) in [5.41, 5.74) is 1.06. The van der Waals surface area contributed by atoms with Crippen LogP contribution in [0.5, 0.6) is 11.5 Å². The van der Waals surface area contributed by atoms with E-state index in [4.69, 9.17) is 9.47 Å². The first-order chi connectivity index (χ1) is 16.2. The first-order valence-corrected chi connectivity index (χ1v) is 12.2. The van der Waals surface area contributed by atoms with Gasteiger partial charge in [-0.15, -0.1) is 0 Å². The van der Waals surface area contributed by atoms with Crippen molar-refractivity contribution in [2.24, 2.45) is 5.92 Å². The molecule has 0 bridgehead atoms. The number of ether oxygens (including phenoxy) is 2. The number of piperidine rings is 1. The van der Waals surface area contributed by atoms with Gasteiger partial charge in [0.25, 0.3) is 5.91 Å². The molecule has 1 N–H and O–H groups in total. The number of carbonyl (C=O) groups is 2. The molecule has 1 aliphatic heterocycles. The van der Waals surface area contributed by atoms with Gasteiger partial charge in [0.05, 0.1) is 6.10 Å². The van der Waals surface area contributed by atoms with Crippen LogP contribution in [-0.2, 0) is 16.1 Å². The van der Waals surface area contributed by atoms with E-state index >= 15 is 0 Å². The van der Waals surface area contributed by atoms with E-state index in [-0.39, 0.29) is 24.3 Å². The Kier molecular flexibility index (Phi) is 8.23. The molecule has 33 heavy (non-hydrogen) atoms. The van der Waals surface area contributed by atoms with Crippen LogP contribution in [0.15, 0.2) is 54.6 Å². The summed E-state index contributed by atoms with van der Waals surface area (Å²) < 4.78 is 11.6. The minimum atomic E-state index is -0.0574. The number of nitrogens with zero attached hydrogens (tertiary/aromatic N) is 1. The van der Waals surface area contributed by atoms with Crippen molar-refractivity contribution < 1.29 is 19.1 Å². The zero-order valence-electron chi connectivity index (χ0n) is 19.2. The maximum absolute atomic E-state index is 12.6. The van der Waals surface area contributed by atoms with Crippen molar-refractivity contribution in [3.8, 4) is 11.5 Å². The molecule has 0 aromatic heterocycles. The van der Waals surface area contributed by atoms with Crippen molar-refractivity contribution in [1.82, 2.24) is 10.2 Å². The van der Waals surface area contributed by atoms with Gasteiger partial charge in [-0.05, 0) is 68.4 Å². The summed E-state index contributed by atoms with van der Waals surface area (Å²) in [6.07, 6.45) is 7.80. The molecule has 2 aliphatic rings. The molecule has 1 heterocycles. The van der Waals surface area contributed by atoms with Crippen molar-refractivity contribution in [3.63, 3.8) is 0 Å². The fourth-order valence-electron chi connectivity index (χ4n) is 4.54. The summed E-state index contributed by atoms with van der Waals surface area (Å²) in [6.45, 7) is 1.71. The Morgan fingerprint density at radius 1 is 0.848 bits per heavy atom.